The van der Waals surface area contributed by atoms with Gasteiger partial charge in [-0.15, -0.1) is 0 Å². The number of nitrogens with one attached hydrogen (secondary N) is 1. The maximum atomic E-state index is 13.4. The van der Waals surface area contributed by atoms with Crippen molar-refractivity contribution in [2.45, 2.75) is 77.2 Å². The minimum Gasteiger partial charge on any atom is -0.468 e. The number of fused-ring (bicyclic) bond motifs is 3. The fraction of sp³-hybridized carbons (Fsp3) is 0.475. The number of carbonyl (C=O) groups excluding carboxylic acids is 7. The summed E-state index contributed by atoms with van der Waals surface area (Å²) >= 11 is 0. The van der Waals surface area contributed by atoms with Crippen molar-refractivity contribution in [3.63, 3.8) is 0 Å². The van der Waals surface area contributed by atoms with Crippen LogP contribution < -0.4 is 5.32 Å². The average Bonchev–Trinajstić information content (AvgIpc) is 3.49. The Balaban J connectivity index is 1.39. The Bertz CT molecular complexity index is 1750. The van der Waals surface area contributed by atoms with Crippen molar-refractivity contribution in [1.82, 2.24) is 10.2 Å². The van der Waals surface area contributed by atoms with Crippen molar-refractivity contribution in [3.8, 4) is 11.1 Å². The van der Waals surface area contributed by atoms with Crippen LogP contribution in [0.25, 0.3) is 11.1 Å². The highest BCUT2D eigenvalue weighted by molar-refractivity contribution is 5.85. The summed E-state index contributed by atoms with van der Waals surface area (Å²) in [5, 5.41) is 2.44. The number of ether oxygens (including phenoxy) is 8. The first-order chi connectivity index (χ1) is 27.3. The van der Waals surface area contributed by atoms with E-state index in [1.165, 1.54) is 18.9 Å². The van der Waals surface area contributed by atoms with Gasteiger partial charge < -0.3 is 43.2 Å². The van der Waals surface area contributed by atoms with Crippen LogP contribution in [-0.2, 0) is 66.7 Å². The summed E-state index contributed by atoms with van der Waals surface area (Å²) < 4.78 is 43.4. The van der Waals surface area contributed by atoms with Crippen LogP contribution in [0.4, 0.5) is 4.79 Å². The lowest BCUT2D eigenvalue weighted by molar-refractivity contribution is -0.305. The van der Waals surface area contributed by atoms with Crippen LogP contribution in [0.2, 0.25) is 0 Å². The van der Waals surface area contributed by atoms with Gasteiger partial charge in [0.1, 0.15) is 32.4 Å². The highest BCUT2D eigenvalue weighted by Gasteiger charge is 2.52. The van der Waals surface area contributed by atoms with Gasteiger partial charge in [-0.1, -0.05) is 60.7 Å². The van der Waals surface area contributed by atoms with E-state index in [2.05, 4.69) is 10.1 Å². The summed E-state index contributed by atoms with van der Waals surface area (Å²) in [6.45, 7) is 3.48. The normalized spacial score (nSPS) is 19.7. The molecular formula is C40H48N2O15. The first kappa shape index (κ1) is 43.9. The number of rotatable bonds is 18. The van der Waals surface area contributed by atoms with Crippen LogP contribution in [-0.4, -0.2) is 124 Å². The zero-order valence-corrected chi connectivity index (χ0v) is 32.5. The van der Waals surface area contributed by atoms with Gasteiger partial charge in [0.15, 0.2) is 24.6 Å². The lowest BCUT2D eigenvalue weighted by Gasteiger charge is -2.43. The number of esters is 5. The molecule has 2 aromatic rings. The molecule has 1 N–H and O–H groups in total. The third kappa shape index (κ3) is 12.9. The largest absolute Gasteiger partial charge is 0.468 e. The van der Waals surface area contributed by atoms with E-state index in [-0.39, 0.29) is 38.8 Å². The second-order valence-corrected chi connectivity index (χ2v) is 13.1. The molecule has 0 saturated carbocycles. The van der Waals surface area contributed by atoms with Gasteiger partial charge in [0.2, 0.25) is 5.91 Å². The predicted molar refractivity (Wildman–Crippen MR) is 198 cm³/mol. The number of amides is 2. The number of hydrogen-bond donors (Lipinski definition) is 1. The molecule has 5 atom stereocenters. The van der Waals surface area contributed by atoms with Crippen molar-refractivity contribution in [2.75, 3.05) is 46.6 Å². The Hall–Kier alpha value is -5.81. The van der Waals surface area contributed by atoms with Gasteiger partial charge in [-0.2, -0.15) is 0 Å². The second-order valence-electron chi connectivity index (χ2n) is 13.1. The van der Waals surface area contributed by atoms with E-state index in [0.717, 1.165) is 43.0 Å². The van der Waals surface area contributed by atoms with E-state index in [9.17, 15) is 33.6 Å². The van der Waals surface area contributed by atoms with Crippen molar-refractivity contribution in [2.24, 2.45) is 0 Å². The number of carbonyl (C=O) groups is 7. The summed E-state index contributed by atoms with van der Waals surface area (Å²) in [6.07, 6.45) is -3.06. The van der Waals surface area contributed by atoms with E-state index >= 15 is 0 Å². The molecule has 1 fully saturated rings. The molecule has 308 valence electrons. The molecule has 2 aromatic carbocycles. The molecule has 17 nitrogen and oxygen atoms in total. The Morgan fingerprint density at radius 3 is 1.93 bits per heavy atom. The number of benzene rings is 2. The van der Waals surface area contributed by atoms with Crippen LogP contribution in [0.3, 0.4) is 0 Å². The van der Waals surface area contributed by atoms with Crippen molar-refractivity contribution >= 4 is 41.8 Å². The van der Waals surface area contributed by atoms with Crippen molar-refractivity contribution < 1.29 is 71.5 Å². The SMILES string of the molecule is COC(=O)CNC(=O)CN(CCC/C=C/CO[C@@H]1O[C@H](COC(C)=O)[C@H](OC(C)=O)[C@H](OC(C)=O)[C@H]1OC(C)=O)C(=O)OCC1c2ccccc2-c2ccccc21. The molecule has 2 amide bonds. The monoisotopic (exact) mass is 796 g/mol. The molecule has 0 radical (unpaired) electrons. The standard InChI is InChI=1S/C40H48N2O15/c1-24(43)52-23-33-36(54-25(2)44)37(55-26(3)45)38(56-27(4)46)39(57-33)51-19-13-7-6-12-18-42(21-34(47)41-20-35(48)50-5)40(49)53-22-32-30-16-10-8-14-28(30)29-15-9-11-17-31(29)32/h7-11,13-17,32-33,36-39H,6,12,18-23H2,1-5H3,(H,41,47)/b13-7+/t33-,36+,37+,38-,39-/m1/s1. The average molecular weight is 797 g/mol. The molecule has 0 spiro atoms. The first-order valence-corrected chi connectivity index (χ1v) is 18.3. The maximum absolute atomic E-state index is 13.4. The van der Waals surface area contributed by atoms with Crippen LogP contribution in [0.15, 0.2) is 60.7 Å². The Morgan fingerprint density at radius 1 is 0.737 bits per heavy atom. The van der Waals surface area contributed by atoms with Gasteiger partial charge in [-0.25, -0.2) is 4.79 Å². The third-order valence-electron chi connectivity index (χ3n) is 8.86. The first-order valence-electron chi connectivity index (χ1n) is 18.3. The minimum absolute atomic E-state index is 0.0453. The molecule has 1 aliphatic carbocycles. The number of unbranched alkanes of at least 4 members (excludes halogenated alkanes) is 1. The summed E-state index contributed by atoms with van der Waals surface area (Å²) in [4.78, 5) is 86.7. The van der Waals surface area contributed by atoms with Gasteiger partial charge >= 0.3 is 35.9 Å². The molecule has 2 aliphatic rings. The van der Waals surface area contributed by atoms with Crippen LogP contribution >= 0.6 is 0 Å². The van der Waals surface area contributed by atoms with E-state index in [1.54, 1.807) is 12.2 Å². The Kier molecular flexibility index (Phi) is 16.5. The number of methoxy groups -OCH3 is 1. The second kappa shape index (κ2) is 21.5. The van der Waals surface area contributed by atoms with Gasteiger partial charge in [0.05, 0.1) is 13.7 Å². The molecule has 4 rings (SSSR count). The smallest absolute Gasteiger partial charge is 0.410 e. The molecule has 17 heteroatoms. The molecule has 0 bridgehead atoms. The van der Waals surface area contributed by atoms with E-state index < -0.39 is 79.2 Å². The van der Waals surface area contributed by atoms with Crippen molar-refractivity contribution in [3.05, 3.63) is 71.8 Å². The fourth-order valence-corrected chi connectivity index (χ4v) is 6.45. The molecule has 1 heterocycles. The number of nitrogens with zero attached hydrogens (tertiary/aromatic N) is 1. The maximum Gasteiger partial charge on any atom is 0.410 e. The molecule has 57 heavy (non-hydrogen) atoms. The van der Waals surface area contributed by atoms with E-state index in [1.807, 2.05) is 48.5 Å². The van der Waals surface area contributed by atoms with Gasteiger partial charge in [-0.05, 0) is 35.1 Å². The Labute approximate surface area is 329 Å². The van der Waals surface area contributed by atoms with Crippen LogP contribution in [0.5, 0.6) is 0 Å². The van der Waals surface area contributed by atoms with E-state index in [4.69, 9.17) is 33.2 Å². The fourth-order valence-electron chi connectivity index (χ4n) is 6.45. The summed E-state index contributed by atoms with van der Waals surface area (Å²) in [5.74, 6) is -4.35. The van der Waals surface area contributed by atoms with Gasteiger partial charge in [0.25, 0.3) is 0 Å². The third-order valence-corrected chi connectivity index (χ3v) is 8.86. The lowest BCUT2D eigenvalue weighted by Crippen LogP contribution is -2.62. The van der Waals surface area contributed by atoms with Crippen LogP contribution in [0.1, 0.15) is 57.6 Å². The lowest BCUT2D eigenvalue weighted by atomic mass is 9.98. The molecule has 1 aliphatic heterocycles. The highest BCUT2D eigenvalue weighted by atomic mass is 16.7. The van der Waals surface area contributed by atoms with E-state index in [0.29, 0.717) is 12.8 Å². The number of hydrogen-bond acceptors (Lipinski definition) is 15. The Morgan fingerprint density at radius 2 is 1.33 bits per heavy atom. The minimum atomic E-state index is -1.37. The summed E-state index contributed by atoms with van der Waals surface area (Å²) in [7, 11) is 1.19. The van der Waals surface area contributed by atoms with Crippen molar-refractivity contribution in [1.29, 1.82) is 0 Å². The van der Waals surface area contributed by atoms with Gasteiger partial charge in [0, 0.05) is 40.2 Å². The predicted octanol–water partition coefficient (Wildman–Crippen LogP) is 2.96. The topological polar surface area (TPSA) is 209 Å². The highest BCUT2D eigenvalue weighted by Crippen LogP contribution is 2.44. The summed E-state index contributed by atoms with van der Waals surface area (Å²) in [6, 6.07) is 15.8. The zero-order chi connectivity index (χ0) is 41.5. The molecule has 0 aromatic heterocycles. The molecule has 1 saturated heterocycles. The number of allylic oxidation sites excluding steroid dienone is 1. The molecular weight excluding hydrogens is 748 g/mol. The quantitative estimate of drug-likeness (QED) is 0.0996. The molecule has 0 unspecified atom stereocenters. The van der Waals surface area contributed by atoms with Crippen LogP contribution in [0, 0.1) is 0 Å². The van der Waals surface area contributed by atoms with Gasteiger partial charge in [-0.3, -0.25) is 33.7 Å². The summed E-state index contributed by atoms with van der Waals surface area (Å²) in [5.41, 5.74) is 4.20. The zero-order valence-electron chi connectivity index (χ0n) is 32.5.